The van der Waals surface area contributed by atoms with Crippen LogP contribution in [0.1, 0.15) is 12.7 Å². The molecular weight excluding hydrogens is 230 g/mol. The third-order valence-corrected chi connectivity index (χ3v) is 3.43. The molecule has 1 N–H and O–H groups in total. The van der Waals surface area contributed by atoms with Crippen molar-refractivity contribution in [3.05, 3.63) is 24.2 Å². The monoisotopic (exact) mass is 251 g/mol. The van der Waals surface area contributed by atoms with Gasteiger partial charge in [0.25, 0.3) is 0 Å². The molecule has 1 saturated heterocycles. The van der Waals surface area contributed by atoms with Gasteiger partial charge in [-0.15, -0.1) is 0 Å². The van der Waals surface area contributed by atoms with E-state index in [2.05, 4.69) is 5.32 Å². The first-order chi connectivity index (χ1) is 8.68. The molecule has 1 fully saturated rings. The fourth-order valence-corrected chi connectivity index (χ4v) is 2.12. The van der Waals surface area contributed by atoms with Crippen LogP contribution in [0.5, 0.6) is 0 Å². The van der Waals surface area contributed by atoms with Gasteiger partial charge in [0.15, 0.2) is 0 Å². The first kappa shape index (κ1) is 13.1. The fraction of sp³-hybridized carbons (Fsp3) is 0.615. The zero-order valence-corrected chi connectivity index (χ0v) is 11.1. The topological polar surface area (TPSA) is 48.7 Å². The molecule has 0 spiro atoms. The maximum atomic E-state index is 12.3. The van der Waals surface area contributed by atoms with Crippen LogP contribution in [0.3, 0.4) is 0 Å². The molecule has 1 aromatic rings. The number of furan rings is 1. The molecule has 1 atom stereocenters. The number of likely N-dealkylation sites (N-methyl/N-ethyl adjacent to an activating group) is 1. The molecule has 1 unspecified atom stereocenters. The normalized spacial score (nSPS) is 18.1. The van der Waals surface area contributed by atoms with Crippen molar-refractivity contribution >= 4 is 5.91 Å². The number of carbonyl (C=O) groups excluding carboxylic acids is 1. The van der Waals surface area contributed by atoms with E-state index in [4.69, 9.17) is 4.42 Å². The summed E-state index contributed by atoms with van der Waals surface area (Å²) in [7, 11) is 1.95. The Kier molecular flexibility index (Phi) is 4.38. The van der Waals surface area contributed by atoms with Crippen molar-refractivity contribution in [2.24, 2.45) is 0 Å². The number of nitrogens with zero attached hydrogens (tertiary/aromatic N) is 2. The maximum Gasteiger partial charge on any atom is 0.239 e. The van der Waals surface area contributed by atoms with Crippen molar-refractivity contribution in [2.45, 2.75) is 19.5 Å². The van der Waals surface area contributed by atoms with Gasteiger partial charge in [0, 0.05) is 26.2 Å². The second-order valence-corrected chi connectivity index (χ2v) is 4.75. The second-order valence-electron chi connectivity index (χ2n) is 4.75. The number of piperazine rings is 1. The molecule has 2 rings (SSSR count). The summed E-state index contributed by atoms with van der Waals surface area (Å²) in [5, 5.41) is 3.25. The summed E-state index contributed by atoms with van der Waals surface area (Å²) in [5.74, 6) is 1.09. The summed E-state index contributed by atoms with van der Waals surface area (Å²) in [6.07, 6.45) is 1.66. The summed E-state index contributed by atoms with van der Waals surface area (Å²) in [6.45, 7) is 6.00. The highest BCUT2D eigenvalue weighted by molar-refractivity contribution is 5.81. The minimum atomic E-state index is -0.117. The average Bonchev–Trinajstić information content (AvgIpc) is 2.91. The molecule has 0 aromatic carbocycles. The van der Waals surface area contributed by atoms with Crippen LogP contribution < -0.4 is 5.32 Å². The lowest BCUT2D eigenvalue weighted by Crippen LogP contribution is -2.52. The molecule has 0 saturated carbocycles. The lowest BCUT2D eigenvalue weighted by atomic mass is 10.2. The summed E-state index contributed by atoms with van der Waals surface area (Å²) < 4.78 is 5.30. The van der Waals surface area contributed by atoms with Crippen molar-refractivity contribution in [3.8, 4) is 0 Å². The molecular formula is C13H21N3O2. The van der Waals surface area contributed by atoms with E-state index in [9.17, 15) is 4.79 Å². The third kappa shape index (κ3) is 3.11. The van der Waals surface area contributed by atoms with E-state index in [0.29, 0.717) is 6.54 Å². The lowest BCUT2D eigenvalue weighted by molar-refractivity contribution is -0.136. The van der Waals surface area contributed by atoms with E-state index in [1.807, 2.05) is 35.9 Å². The summed E-state index contributed by atoms with van der Waals surface area (Å²) in [6, 6.07) is 3.68. The molecule has 2 heterocycles. The Labute approximate surface area is 108 Å². The molecule has 18 heavy (non-hydrogen) atoms. The number of hydrogen-bond donors (Lipinski definition) is 1. The van der Waals surface area contributed by atoms with Crippen LogP contribution in [0.2, 0.25) is 0 Å². The number of nitrogens with one attached hydrogen (secondary N) is 1. The van der Waals surface area contributed by atoms with Crippen molar-refractivity contribution in [1.82, 2.24) is 15.1 Å². The van der Waals surface area contributed by atoms with E-state index >= 15 is 0 Å². The Balaban J connectivity index is 1.88. The largest absolute Gasteiger partial charge is 0.468 e. The van der Waals surface area contributed by atoms with Gasteiger partial charge in [-0.05, 0) is 26.1 Å². The van der Waals surface area contributed by atoms with Crippen molar-refractivity contribution < 1.29 is 9.21 Å². The molecule has 0 radical (unpaired) electrons. The van der Waals surface area contributed by atoms with Gasteiger partial charge >= 0.3 is 0 Å². The number of rotatable bonds is 4. The Hall–Kier alpha value is -1.33. The van der Waals surface area contributed by atoms with Gasteiger partial charge in [-0.2, -0.15) is 0 Å². The first-order valence-corrected chi connectivity index (χ1v) is 6.40. The Morgan fingerprint density at radius 1 is 1.56 bits per heavy atom. The molecule has 1 aliphatic heterocycles. The minimum Gasteiger partial charge on any atom is -0.468 e. The average molecular weight is 251 g/mol. The van der Waals surface area contributed by atoms with Gasteiger partial charge in [0.2, 0.25) is 5.91 Å². The molecule has 0 aliphatic carbocycles. The van der Waals surface area contributed by atoms with Gasteiger partial charge in [0.05, 0.1) is 18.8 Å². The fourth-order valence-electron chi connectivity index (χ4n) is 2.12. The molecule has 1 aromatic heterocycles. The highest BCUT2D eigenvalue weighted by atomic mass is 16.3. The van der Waals surface area contributed by atoms with Crippen molar-refractivity contribution in [3.63, 3.8) is 0 Å². The zero-order chi connectivity index (χ0) is 13.0. The number of carbonyl (C=O) groups is 1. The summed E-state index contributed by atoms with van der Waals surface area (Å²) >= 11 is 0. The Bertz CT molecular complexity index is 372. The van der Waals surface area contributed by atoms with Crippen LogP contribution >= 0.6 is 0 Å². The van der Waals surface area contributed by atoms with Crippen LogP contribution in [0.4, 0.5) is 0 Å². The van der Waals surface area contributed by atoms with Crippen LogP contribution in [-0.2, 0) is 11.3 Å². The predicted molar refractivity (Wildman–Crippen MR) is 69.1 cm³/mol. The number of hydrogen-bond acceptors (Lipinski definition) is 4. The minimum absolute atomic E-state index is 0.117. The SMILES string of the molecule is CC(C(=O)N1CCNCC1)N(C)Cc1ccco1. The number of amides is 1. The van der Waals surface area contributed by atoms with Crippen LogP contribution in [0.25, 0.3) is 0 Å². The van der Waals surface area contributed by atoms with Gasteiger partial charge in [-0.1, -0.05) is 0 Å². The van der Waals surface area contributed by atoms with Crippen LogP contribution in [0, 0.1) is 0 Å². The van der Waals surface area contributed by atoms with Crippen LogP contribution in [0.15, 0.2) is 22.8 Å². The molecule has 5 heteroatoms. The summed E-state index contributed by atoms with van der Waals surface area (Å²) in [4.78, 5) is 16.2. The van der Waals surface area contributed by atoms with Gasteiger partial charge in [-0.25, -0.2) is 0 Å². The zero-order valence-electron chi connectivity index (χ0n) is 11.1. The van der Waals surface area contributed by atoms with Crippen molar-refractivity contribution in [2.75, 3.05) is 33.2 Å². The van der Waals surface area contributed by atoms with Gasteiger partial charge in [-0.3, -0.25) is 9.69 Å². The van der Waals surface area contributed by atoms with Crippen molar-refractivity contribution in [1.29, 1.82) is 0 Å². The molecule has 1 aliphatic rings. The quantitative estimate of drug-likeness (QED) is 0.848. The second kappa shape index (κ2) is 6.02. The van der Waals surface area contributed by atoms with Gasteiger partial charge < -0.3 is 14.6 Å². The van der Waals surface area contributed by atoms with E-state index < -0.39 is 0 Å². The lowest BCUT2D eigenvalue weighted by Gasteiger charge is -2.32. The van der Waals surface area contributed by atoms with Crippen LogP contribution in [-0.4, -0.2) is 55.0 Å². The molecule has 1 amide bonds. The highest BCUT2D eigenvalue weighted by Gasteiger charge is 2.25. The van der Waals surface area contributed by atoms with E-state index in [1.54, 1.807) is 6.26 Å². The Morgan fingerprint density at radius 3 is 2.89 bits per heavy atom. The maximum absolute atomic E-state index is 12.3. The smallest absolute Gasteiger partial charge is 0.239 e. The molecule has 0 bridgehead atoms. The third-order valence-electron chi connectivity index (χ3n) is 3.43. The highest BCUT2D eigenvalue weighted by Crippen LogP contribution is 2.09. The van der Waals surface area contributed by atoms with E-state index in [1.165, 1.54) is 0 Å². The van der Waals surface area contributed by atoms with Gasteiger partial charge in [0.1, 0.15) is 5.76 Å². The first-order valence-electron chi connectivity index (χ1n) is 6.40. The predicted octanol–water partition coefficient (Wildman–Crippen LogP) is 0.532. The molecule has 5 nitrogen and oxygen atoms in total. The summed E-state index contributed by atoms with van der Waals surface area (Å²) in [5.41, 5.74) is 0. The van der Waals surface area contributed by atoms with E-state index in [0.717, 1.165) is 31.9 Å². The molecule has 100 valence electrons. The Morgan fingerprint density at radius 2 is 2.28 bits per heavy atom. The standard InChI is InChI=1S/C13H21N3O2/c1-11(13(17)16-7-5-14-6-8-16)15(2)10-12-4-3-9-18-12/h3-4,9,11,14H,5-8,10H2,1-2H3. The van der Waals surface area contributed by atoms with E-state index in [-0.39, 0.29) is 11.9 Å².